The Bertz CT molecular complexity index is 320. The molecule has 0 N–H and O–H groups in total. The number of esters is 1. The smallest absolute Gasteiger partial charge is 0.310 e. The molecule has 3 nitrogen and oxygen atoms in total. The zero-order valence-electron chi connectivity index (χ0n) is 10.8. The molecule has 3 heteroatoms. The molecule has 0 unspecified atom stereocenters. The van der Waals surface area contributed by atoms with Gasteiger partial charge in [-0.25, -0.2) is 0 Å². The summed E-state index contributed by atoms with van der Waals surface area (Å²) in [4.78, 5) is 12.9. The first-order valence-corrected chi connectivity index (χ1v) is 5.58. The average Bonchev–Trinajstić information content (AvgIpc) is 2.31. The first-order valence-electron chi connectivity index (χ1n) is 5.58. The predicted octanol–water partition coefficient (Wildman–Crippen LogP) is 2.48. The van der Waals surface area contributed by atoms with Crippen LogP contribution in [0.2, 0.25) is 0 Å². The van der Waals surface area contributed by atoms with Crippen molar-refractivity contribution in [1.82, 2.24) is 4.90 Å². The van der Waals surface area contributed by atoms with Crippen LogP contribution in [0.4, 0.5) is 0 Å². The zero-order chi connectivity index (χ0) is 13.1. The molecule has 0 saturated carbocycles. The van der Waals surface area contributed by atoms with Crippen LogP contribution in [0.15, 0.2) is 43.1 Å². The van der Waals surface area contributed by atoms with Gasteiger partial charge in [-0.3, -0.25) is 4.79 Å². The van der Waals surface area contributed by atoms with Crippen molar-refractivity contribution in [1.29, 1.82) is 0 Å². The maximum absolute atomic E-state index is 11.0. The van der Waals surface area contributed by atoms with E-state index in [9.17, 15) is 4.79 Å². The van der Waals surface area contributed by atoms with E-state index < -0.39 is 0 Å². The Morgan fingerprint density at radius 2 is 1.88 bits per heavy atom. The molecule has 1 aromatic rings. The van der Waals surface area contributed by atoms with Crippen LogP contribution in [0.3, 0.4) is 0 Å². The first kappa shape index (κ1) is 15.2. The van der Waals surface area contributed by atoms with Crippen LogP contribution in [-0.4, -0.2) is 31.6 Å². The summed E-state index contributed by atoms with van der Waals surface area (Å²) >= 11 is 0. The summed E-state index contributed by atoms with van der Waals surface area (Å²) in [6, 6.07) is 9.58. The van der Waals surface area contributed by atoms with Gasteiger partial charge in [0.1, 0.15) is 0 Å². The molecule has 0 spiro atoms. The molecule has 0 aliphatic heterocycles. The van der Waals surface area contributed by atoms with Gasteiger partial charge in [-0.05, 0) is 18.7 Å². The van der Waals surface area contributed by atoms with Crippen molar-refractivity contribution in [3.8, 4) is 0 Å². The second kappa shape index (κ2) is 9.46. The lowest BCUT2D eigenvalue weighted by atomic mass is 10.2. The van der Waals surface area contributed by atoms with Crippen molar-refractivity contribution in [2.24, 2.45) is 0 Å². The summed E-state index contributed by atoms with van der Waals surface area (Å²) in [6.45, 7) is 5.74. The third-order valence-electron chi connectivity index (χ3n) is 1.86. The van der Waals surface area contributed by atoms with Crippen LogP contribution in [0, 0.1) is 0 Å². The van der Waals surface area contributed by atoms with Gasteiger partial charge in [0.2, 0.25) is 0 Å². The molecule has 17 heavy (non-hydrogen) atoms. The number of benzene rings is 1. The number of hydrogen-bond donors (Lipinski definition) is 0. The molecule has 1 rings (SSSR count). The molecule has 0 heterocycles. The molecule has 0 bridgehead atoms. The highest BCUT2D eigenvalue weighted by atomic mass is 16.5. The van der Waals surface area contributed by atoms with Gasteiger partial charge < -0.3 is 9.64 Å². The van der Waals surface area contributed by atoms with E-state index in [0.29, 0.717) is 13.0 Å². The fourth-order valence-corrected chi connectivity index (χ4v) is 0.975. The number of hydrogen-bond acceptors (Lipinski definition) is 3. The van der Waals surface area contributed by atoms with E-state index in [0.717, 1.165) is 5.56 Å². The van der Waals surface area contributed by atoms with Crippen LogP contribution in [0.1, 0.15) is 12.5 Å². The minimum atomic E-state index is -0.163. The highest BCUT2D eigenvalue weighted by Gasteiger charge is 2.01. The monoisotopic (exact) mass is 235 g/mol. The van der Waals surface area contributed by atoms with Crippen molar-refractivity contribution >= 4 is 5.97 Å². The van der Waals surface area contributed by atoms with Gasteiger partial charge in [0.15, 0.2) is 0 Å². The molecule has 0 radical (unpaired) electrons. The third-order valence-corrected chi connectivity index (χ3v) is 1.86. The summed E-state index contributed by atoms with van der Waals surface area (Å²) in [5.74, 6) is -0.163. The second-order valence-electron chi connectivity index (χ2n) is 3.61. The Hall–Kier alpha value is -1.77. The topological polar surface area (TPSA) is 29.5 Å². The average molecular weight is 235 g/mol. The standard InChI is InChI=1S/C10H12O2.C4H9N/c1-2-12-10(11)8-9-6-4-3-5-7-9;1-4-5(2)3/h3-7H,2,8H2,1H3;4H,1H2,2-3H3. The number of ether oxygens (including phenoxy) is 1. The number of nitrogens with zero attached hydrogens (tertiary/aromatic N) is 1. The lowest BCUT2D eigenvalue weighted by molar-refractivity contribution is -0.142. The highest BCUT2D eigenvalue weighted by Crippen LogP contribution is 2.00. The van der Waals surface area contributed by atoms with Crippen molar-refractivity contribution in [2.45, 2.75) is 13.3 Å². The van der Waals surface area contributed by atoms with Crippen LogP contribution in [0.5, 0.6) is 0 Å². The Morgan fingerprint density at radius 3 is 2.29 bits per heavy atom. The van der Waals surface area contributed by atoms with E-state index >= 15 is 0 Å². The maximum atomic E-state index is 11.0. The van der Waals surface area contributed by atoms with Crippen LogP contribution in [0.25, 0.3) is 0 Å². The lowest BCUT2D eigenvalue weighted by Gasteiger charge is -2.00. The van der Waals surface area contributed by atoms with Gasteiger partial charge in [-0.15, -0.1) is 0 Å². The molecule has 0 aliphatic carbocycles. The van der Waals surface area contributed by atoms with E-state index in [2.05, 4.69) is 6.58 Å². The molecule has 0 atom stereocenters. The predicted molar refractivity (Wildman–Crippen MR) is 70.7 cm³/mol. The molecule has 0 saturated heterocycles. The van der Waals surface area contributed by atoms with Crippen molar-refractivity contribution in [2.75, 3.05) is 20.7 Å². The van der Waals surface area contributed by atoms with Crippen molar-refractivity contribution < 1.29 is 9.53 Å². The lowest BCUT2D eigenvalue weighted by Crippen LogP contribution is -2.06. The van der Waals surface area contributed by atoms with Gasteiger partial charge in [-0.1, -0.05) is 36.9 Å². The van der Waals surface area contributed by atoms with Gasteiger partial charge in [0.25, 0.3) is 0 Å². The third kappa shape index (κ3) is 9.18. The van der Waals surface area contributed by atoms with Crippen molar-refractivity contribution in [3.05, 3.63) is 48.7 Å². The first-order chi connectivity index (χ1) is 8.10. The molecular weight excluding hydrogens is 214 g/mol. The number of carbonyl (C=O) groups excluding carboxylic acids is 1. The van der Waals surface area contributed by atoms with E-state index in [1.54, 1.807) is 6.20 Å². The molecular formula is C14H21NO2. The summed E-state index contributed by atoms with van der Waals surface area (Å²) in [5, 5.41) is 0. The van der Waals surface area contributed by atoms with Crippen LogP contribution < -0.4 is 0 Å². The Kier molecular flexibility index (Phi) is 8.47. The highest BCUT2D eigenvalue weighted by molar-refractivity contribution is 5.72. The van der Waals surface area contributed by atoms with E-state index in [-0.39, 0.29) is 5.97 Å². The summed E-state index contributed by atoms with van der Waals surface area (Å²) < 4.78 is 4.81. The Labute approximate surface area is 104 Å². The van der Waals surface area contributed by atoms with E-state index in [1.165, 1.54) is 0 Å². The van der Waals surface area contributed by atoms with E-state index in [4.69, 9.17) is 4.74 Å². The van der Waals surface area contributed by atoms with Gasteiger partial charge >= 0.3 is 5.97 Å². The molecule has 1 aromatic carbocycles. The summed E-state index contributed by atoms with van der Waals surface area (Å²) in [5.41, 5.74) is 0.996. The molecule has 0 amide bonds. The SMILES string of the molecule is C=CN(C)C.CCOC(=O)Cc1ccccc1. The largest absolute Gasteiger partial charge is 0.466 e. The normalized spacial score (nSPS) is 8.65. The van der Waals surface area contributed by atoms with Gasteiger partial charge in [-0.2, -0.15) is 0 Å². The molecule has 94 valence electrons. The van der Waals surface area contributed by atoms with Crippen LogP contribution >= 0.6 is 0 Å². The quantitative estimate of drug-likeness (QED) is 0.751. The fourth-order valence-electron chi connectivity index (χ4n) is 0.975. The molecule has 0 aliphatic rings. The fraction of sp³-hybridized carbons (Fsp3) is 0.357. The maximum Gasteiger partial charge on any atom is 0.310 e. The summed E-state index contributed by atoms with van der Waals surface area (Å²) in [6.07, 6.45) is 2.12. The summed E-state index contributed by atoms with van der Waals surface area (Å²) in [7, 11) is 3.88. The molecule has 0 fully saturated rings. The second-order valence-corrected chi connectivity index (χ2v) is 3.61. The Balaban J connectivity index is 0.000000437. The zero-order valence-corrected chi connectivity index (χ0v) is 10.8. The van der Waals surface area contributed by atoms with Gasteiger partial charge in [0.05, 0.1) is 13.0 Å². The minimum absolute atomic E-state index is 0.163. The number of rotatable bonds is 4. The van der Waals surface area contributed by atoms with Gasteiger partial charge in [0, 0.05) is 14.1 Å². The Morgan fingerprint density at radius 1 is 1.35 bits per heavy atom. The van der Waals surface area contributed by atoms with Crippen LogP contribution in [-0.2, 0) is 16.0 Å². The minimum Gasteiger partial charge on any atom is -0.466 e. The van der Waals surface area contributed by atoms with Crippen molar-refractivity contribution in [3.63, 3.8) is 0 Å². The van der Waals surface area contributed by atoms with E-state index in [1.807, 2.05) is 56.3 Å². The molecule has 0 aromatic heterocycles. The number of carbonyl (C=O) groups is 1.